The smallest absolute Gasteiger partial charge is 0.258 e. The molecule has 1 aromatic carbocycles. The molecule has 0 aliphatic heterocycles. The van der Waals surface area contributed by atoms with Crippen LogP contribution in [0.3, 0.4) is 0 Å². The second-order valence-electron chi connectivity index (χ2n) is 4.80. The second kappa shape index (κ2) is 7.36. The van der Waals surface area contributed by atoms with E-state index in [1.54, 1.807) is 18.2 Å². The maximum absolute atomic E-state index is 11.7. The van der Waals surface area contributed by atoms with Gasteiger partial charge in [0.05, 0.1) is 12.6 Å². The van der Waals surface area contributed by atoms with Crippen LogP contribution < -0.4 is 10.1 Å². The highest BCUT2D eigenvalue weighted by molar-refractivity contribution is 6.31. The van der Waals surface area contributed by atoms with Gasteiger partial charge in [0, 0.05) is 5.02 Å². The summed E-state index contributed by atoms with van der Waals surface area (Å²) >= 11 is 5.90. The van der Waals surface area contributed by atoms with E-state index in [2.05, 4.69) is 5.32 Å². The summed E-state index contributed by atoms with van der Waals surface area (Å²) in [6.07, 6.45) is 0. The van der Waals surface area contributed by atoms with Crippen LogP contribution >= 0.6 is 11.6 Å². The summed E-state index contributed by atoms with van der Waals surface area (Å²) in [5, 5.41) is 12.5. The van der Waals surface area contributed by atoms with Crippen molar-refractivity contribution in [1.82, 2.24) is 5.32 Å². The second-order valence-corrected chi connectivity index (χ2v) is 5.21. The fraction of sp³-hybridized carbons (Fsp3) is 0.500. The molecule has 0 unspecified atom stereocenters. The largest absolute Gasteiger partial charge is 0.484 e. The minimum atomic E-state index is -0.250. The number of ether oxygens (including phenoxy) is 1. The Balaban J connectivity index is 2.47. The highest BCUT2D eigenvalue weighted by Crippen LogP contribution is 2.20. The molecular weight excluding hydrogens is 266 g/mol. The number of carbonyl (C=O) groups is 1. The molecule has 0 fully saturated rings. The fourth-order valence-corrected chi connectivity index (χ4v) is 1.64. The van der Waals surface area contributed by atoms with Gasteiger partial charge >= 0.3 is 0 Å². The molecule has 2 N–H and O–H groups in total. The van der Waals surface area contributed by atoms with Crippen molar-refractivity contribution in [2.75, 3.05) is 13.2 Å². The van der Waals surface area contributed by atoms with Gasteiger partial charge in [-0.1, -0.05) is 25.4 Å². The minimum absolute atomic E-state index is 0.0791. The molecule has 0 aromatic heterocycles. The minimum Gasteiger partial charge on any atom is -0.484 e. The van der Waals surface area contributed by atoms with Gasteiger partial charge in [-0.25, -0.2) is 0 Å². The molecule has 1 rings (SSSR count). The van der Waals surface area contributed by atoms with Crippen LogP contribution in [-0.2, 0) is 4.79 Å². The summed E-state index contributed by atoms with van der Waals surface area (Å²) in [6.45, 7) is 5.58. The molecule has 106 valence electrons. The number of rotatable bonds is 6. The first-order valence-electron chi connectivity index (χ1n) is 6.23. The number of hydrogen-bond donors (Lipinski definition) is 2. The van der Waals surface area contributed by atoms with Gasteiger partial charge in [0.15, 0.2) is 6.61 Å². The molecule has 4 nitrogen and oxygen atoms in total. The molecule has 1 atom stereocenters. The maximum Gasteiger partial charge on any atom is 0.258 e. The van der Waals surface area contributed by atoms with E-state index in [0.717, 1.165) is 5.56 Å². The monoisotopic (exact) mass is 285 g/mol. The lowest BCUT2D eigenvalue weighted by atomic mass is 10.1. The number of hydrogen-bond acceptors (Lipinski definition) is 3. The number of amides is 1. The lowest BCUT2D eigenvalue weighted by molar-refractivity contribution is -0.124. The summed E-state index contributed by atoms with van der Waals surface area (Å²) in [6, 6.07) is 4.98. The van der Waals surface area contributed by atoms with Crippen LogP contribution in [0.25, 0.3) is 0 Å². The first-order valence-corrected chi connectivity index (χ1v) is 6.61. The molecule has 0 aliphatic rings. The van der Waals surface area contributed by atoms with Crippen molar-refractivity contribution in [3.05, 3.63) is 28.8 Å². The number of aliphatic hydroxyl groups is 1. The normalized spacial score (nSPS) is 12.3. The van der Waals surface area contributed by atoms with Crippen molar-refractivity contribution in [2.45, 2.75) is 26.8 Å². The van der Waals surface area contributed by atoms with Crippen LogP contribution in [0.1, 0.15) is 19.4 Å². The number of aliphatic hydroxyl groups excluding tert-OH is 1. The van der Waals surface area contributed by atoms with E-state index >= 15 is 0 Å². The molecular formula is C14H20ClNO3. The van der Waals surface area contributed by atoms with Gasteiger partial charge in [0.2, 0.25) is 0 Å². The topological polar surface area (TPSA) is 58.6 Å². The number of benzene rings is 1. The summed E-state index contributed by atoms with van der Waals surface area (Å²) < 4.78 is 5.38. The third-order valence-corrected chi connectivity index (χ3v) is 3.27. The van der Waals surface area contributed by atoms with Gasteiger partial charge in [0.1, 0.15) is 5.75 Å². The zero-order chi connectivity index (χ0) is 14.4. The maximum atomic E-state index is 11.7. The van der Waals surface area contributed by atoms with E-state index < -0.39 is 0 Å². The van der Waals surface area contributed by atoms with Gasteiger partial charge in [-0.05, 0) is 36.6 Å². The third-order valence-electron chi connectivity index (χ3n) is 2.85. The molecule has 0 bridgehead atoms. The number of halogens is 1. The lowest BCUT2D eigenvalue weighted by Gasteiger charge is -2.19. The Morgan fingerprint density at radius 3 is 2.68 bits per heavy atom. The quantitative estimate of drug-likeness (QED) is 0.842. The van der Waals surface area contributed by atoms with E-state index in [1.165, 1.54) is 0 Å². The Bertz CT molecular complexity index is 435. The molecule has 0 saturated heterocycles. The molecule has 1 amide bonds. The van der Waals surface area contributed by atoms with Crippen molar-refractivity contribution in [1.29, 1.82) is 0 Å². The highest BCUT2D eigenvalue weighted by Gasteiger charge is 2.15. The molecule has 0 spiro atoms. The van der Waals surface area contributed by atoms with Gasteiger partial charge in [-0.15, -0.1) is 0 Å². The summed E-state index contributed by atoms with van der Waals surface area (Å²) in [5.41, 5.74) is 0.898. The van der Waals surface area contributed by atoms with Crippen LogP contribution in [0.5, 0.6) is 5.75 Å². The van der Waals surface area contributed by atoms with Crippen LogP contribution in [-0.4, -0.2) is 30.3 Å². The lowest BCUT2D eigenvalue weighted by Crippen LogP contribution is -2.43. The predicted molar refractivity (Wildman–Crippen MR) is 75.5 cm³/mol. The standard InChI is InChI=1S/C14H20ClNO3/c1-9(2)13(7-17)16-14(18)8-19-11-4-5-12(15)10(3)6-11/h4-6,9,13,17H,7-8H2,1-3H3,(H,16,18)/t13-/m1/s1. The summed E-state index contributed by atoms with van der Waals surface area (Å²) in [7, 11) is 0. The molecule has 0 radical (unpaired) electrons. The van der Waals surface area contributed by atoms with Crippen LogP contribution in [0, 0.1) is 12.8 Å². The van der Waals surface area contributed by atoms with E-state index in [-0.39, 0.29) is 31.1 Å². The first-order chi connectivity index (χ1) is 8.93. The molecule has 0 aliphatic carbocycles. The van der Waals surface area contributed by atoms with Crippen molar-refractivity contribution in [3.8, 4) is 5.75 Å². The van der Waals surface area contributed by atoms with Gasteiger partial charge in [0.25, 0.3) is 5.91 Å². The predicted octanol–water partition coefficient (Wildman–Crippen LogP) is 2.16. The zero-order valence-electron chi connectivity index (χ0n) is 11.4. The first kappa shape index (κ1) is 15.8. The van der Waals surface area contributed by atoms with Crippen molar-refractivity contribution in [2.24, 2.45) is 5.92 Å². The third kappa shape index (κ3) is 5.09. The molecule has 5 heteroatoms. The Morgan fingerprint density at radius 1 is 1.47 bits per heavy atom. The van der Waals surface area contributed by atoms with E-state index in [1.807, 2.05) is 20.8 Å². The zero-order valence-corrected chi connectivity index (χ0v) is 12.2. The Labute approximate surface area is 118 Å². The highest BCUT2D eigenvalue weighted by atomic mass is 35.5. The van der Waals surface area contributed by atoms with Crippen LogP contribution in [0.2, 0.25) is 5.02 Å². The van der Waals surface area contributed by atoms with E-state index in [9.17, 15) is 4.79 Å². The average molecular weight is 286 g/mol. The van der Waals surface area contributed by atoms with Crippen molar-refractivity contribution in [3.63, 3.8) is 0 Å². The van der Waals surface area contributed by atoms with Crippen molar-refractivity contribution < 1.29 is 14.6 Å². The number of aryl methyl sites for hydroxylation is 1. The van der Waals surface area contributed by atoms with Crippen molar-refractivity contribution >= 4 is 17.5 Å². The average Bonchev–Trinajstić information content (AvgIpc) is 2.37. The van der Waals surface area contributed by atoms with Gasteiger partial charge in [-0.3, -0.25) is 4.79 Å². The molecule has 1 aromatic rings. The summed E-state index contributed by atoms with van der Waals surface area (Å²) in [5.74, 6) is 0.522. The SMILES string of the molecule is Cc1cc(OCC(=O)N[C@H](CO)C(C)C)ccc1Cl. The van der Waals surface area contributed by atoms with Gasteiger partial charge in [-0.2, -0.15) is 0 Å². The number of nitrogens with one attached hydrogen (secondary N) is 1. The number of carbonyl (C=O) groups excluding carboxylic acids is 1. The Kier molecular flexibility index (Phi) is 6.12. The van der Waals surface area contributed by atoms with Gasteiger partial charge < -0.3 is 15.2 Å². The fourth-order valence-electron chi connectivity index (χ4n) is 1.53. The molecule has 0 heterocycles. The van der Waals surface area contributed by atoms with Crippen LogP contribution in [0.15, 0.2) is 18.2 Å². The summed E-state index contributed by atoms with van der Waals surface area (Å²) in [4.78, 5) is 11.7. The molecule has 19 heavy (non-hydrogen) atoms. The van der Waals surface area contributed by atoms with E-state index in [4.69, 9.17) is 21.4 Å². The Morgan fingerprint density at radius 2 is 2.16 bits per heavy atom. The Hall–Kier alpha value is -1.26. The van der Waals surface area contributed by atoms with Crippen LogP contribution in [0.4, 0.5) is 0 Å². The van der Waals surface area contributed by atoms with E-state index in [0.29, 0.717) is 10.8 Å². The molecule has 0 saturated carbocycles.